The van der Waals surface area contributed by atoms with Crippen LogP contribution in [-0.2, 0) is 9.59 Å². The van der Waals surface area contributed by atoms with Crippen LogP contribution in [0.4, 0.5) is 5.82 Å². The molecule has 0 saturated carbocycles. The van der Waals surface area contributed by atoms with Gasteiger partial charge in [-0.05, 0) is 17.7 Å². The van der Waals surface area contributed by atoms with Crippen LogP contribution in [0.25, 0.3) is 0 Å². The molecule has 104 valence electrons. The minimum absolute atomic E-state index is 0.0526. The number of benzene rings is 1. The third kappa shape index (κ3) is 2.08. The summed E-state index contributed by atoms with van der Waals surface area (Å²) < 4.78 is 0. The molecule has 0 bridgehead atoms. The molecular weight excluding hydrogens is 268 g/mol. The van der Waals surface area contributed by atoms with Gasteiger partial charge < -0.3 is 5.11 Å². The Labute approximate surface area is 121 Å². The Hall–Kier alpha value is -2.95. The smallest absolute Gasteiger partial charge is 0.295 e. The fourth-order valence-corrected chi connectivity index (χ4v) is 2.44. The van der Waals surface area contributed by atoms with Crippen LogP contribution in [0.2, 0.25) is 0 Å². The lowest BCUT2D eigenvalue weighted by atomic mass is 10.0. The third-order valence-electron chi connectivity index (χ3n) is 3.39. The summed E-state index contributed by atoms with van der Waals surface area (Å²) in [6, 6.07) is 13.5. The molecule has 1 unspecified atom stereocenters. The maximum atomic E-state index is 12.3. The van der Waals surface area contributed by atoms with Crippen molar-refractivity contribution in [1.29, 1.82) is 0 Å². The molecule has 3 rings (SSSR count). The maximum absolute atomic E-state index is 12.3. The van der Waals surface area contributed by atoms with Crippen LogP contribution in [0, 0.1) is 0 Å². The van der Waals surface area contributed by atoms with Crippen LogP contribution in [0.3, 0.4) is 0 Å². The molecule has 1 aromatic carbocycles. The van der Waals surface area contributed by atoms with Crippen molar-refractivity contribution in [3.8, 4) is 0 Å². The van der Waals surface area contributed by atoms with Crippen LogP contribution in [-0.4, -0.2) is 22.3 Å². The first-order valence-electron chi connectivity index (χ1n) is 6.42. The molecule has 1 amide bonds. The Morgan fingerprint density at radius 3 is 2.43 bits per heavy atom. The molecule has 5 nitrogen and oxygen atoms in total. The SMILES string of the molecule is O=CC1=C(O)C(=O)N(c2ccccn2)C1c1ccccc1. The number of rotatable bonds is 3. The molecule has 1 N–H and O–H groups in total. The molecule has 1 aliphatic heterocycles. The largest absolute Gasteiger partial charge is 0.503 e. The van der Waals surface area contributed by atoms with Gasteiger partial charge >= 0.3 is 0 Å². The third-order valence-corrected chi connectivity index (χ3v) is 3.39. The number of hydrogen-bond donors (Lipinski definition) is 1. The van der Waals surface area contributed by atoms with Crippen LogP contribution < -0.4 is 4.90 Å². The zero-order chi connectivity index (χ0) is 14.8. The second-order valence-corrected chi connectivity index (χ2v) is 4.60. The Kier molecular flexibility index (Phi) is 3.23. The molecule has 1 aromatic heterocycles. The summed E-state index contributed by atoms with van der Waals surface area (Å²) in [7, 11) is 0. The van der Waals surface area contributed by atoms with E-state index in [0.717, 1.165) is 5.56 Å². The number of nitrogens with zero attached hydrogens (tertiary/aromatic N) is 2. The highest BCUT2D eigenvalue weighted by atomic mass is 16.3. The maximum Gasteiger partial charge on any atom is 0.295 e. The number of carbonyl (C=O) groups excluding carboxylic acids is 2. The van der Waals surface area contributed by atoms with E-state index in [2.05, 4.69) is 4.98 Å². The van der Waals surface area contributed by atoms with E-state index in [9.17, 15) is 14.7 Å². The first-order chi connectivity index (χ1) is 10.2. The van der Waals surface area contributed by atoms with E-state index in [1.165, 1.54) is 4.90 Å². The second-order valence-electron chi connectivity index (χ2n) is 4.60. The van der Waals surface area contributed by atoms with Gasteiger partial charge in [0, 0.05) is 6.20 Å². The van der Waals surface area contributed by atoms with Crippen molar-refractivity contribution in [2.75, 3.05) is 4.90 Å². The van der Waals surface area contributed by atoms with Gasteiger partial charge in [-0.1, -0.05) is 36.4 Å². The van der Waals surface area contributed by atoms with Crippen molar-refractivity contribution in [3.63, 3.8) is 0 Å². The first kappa shape index (κ1) is 13.1. The highest BCUT2D eigenvalue weighted by Gasteiger charge is 2.41. The van der Waals surface area contributed by atoms with Crippen LogP contribution in [0.1, 0.15) is 11.6 Å². The minimum atomic E-state index is -0.661. The zero-order valence-corrected chi connectivity index (χ0v) is 11.0. The summed E-state index contributed by atoms with van der Waals surface area (Å²) in [6.07, 6.45) is 2.08. The molecule has 0 radical (unpaired) electrons. The first-order valence-corrected chi connectivity index (χ1v) is 6.42. The Bertz CT molecular complexity index is 711. The normalized spacial score (nSPS) is 18.2. The number of amides is 1. The number of pyridine rings is 1. The average Bonchev–Trinajstić information content (AvgIpc) is 2.80. The molecule has 0 spiro atoms. The summed E-state index contributed by atoms with van der Waals surface area (Å²) in [5, 5.41) is 9.95. The van der Waals surface area contributed by atoms with Crippen molar-refractivity contribution in [2.24, 2.45) is 0 Å². The lowest BCUT2D eigenvalue weighted by Gasteiger charge is -2.24. The Morgan fingerprint density at radius 2 is 1.81 bits per heavy atom. The number of aromatic nitrogens is 1. The van der Waals surface area contributed by atoms with Crippen LogP contribution >= 0.6 is 0 Å². The molecule has 21 heavy (non-hydrogen) atoms. The number of anilines is 1. The van der Waals surface area contributed by atoms with E-state index in [0.29, 0.717) is 12.1 Å². The van der Waals surface area contributed by atoms with E-state index in [1.54, 1.807) is 36.5 Å². The summed E-state index contributed by atoms with van der Waals surface area (Å²) in [5.41, 5.74) is 0.791. The van der Waals surface area contributed by atoms with E-state index in [4.69, 9.17) is 0 Å². The molecule has 2 heterocycles. The average molecular weight is 280 g/mol. The van der Waals surface area contributed by atoms with Gasteiger partial charge in [0.15, 0.2) is 12.0 Å². The number of carbonyl (C=O) groups is 2. The molecule has 2 aromatic rings. The standard InChI is InChI=1S/C16H12N2O3/c19-10-12-14(11-6-2-1-3-7-11)18(16(21)15(12)20)13-8-4-5-9-17-13/h1-10,14,20H. The molecule has 1 aliphatic rings. The van der Waals surface area contributed by atoms with E-state index < -0.39 is 17.7 Å². The fraction of sp³-hybridized carbons (Fsp3) is 0.0625. The molecule has 0 aliphatic carbocycles. The van der Waals surface area contributed by atoms with Gasteiger partial charge in [0.25, 0.3) is 5.91 Å². The van der Waals surface area contributed by atoms with Crippen molar-refractivity contribution in [3.05, 3.63) is 71.6 Å². The van der Waals surface area contributed by atoms with Gasteiger partial charge in [0.1, 0.15) is 5.82 Å². The van der Waals surface area contributed by atoms with E-state index >= 15 is 0 Å². The van der Waals surface area contributed by atoms with Gasteiger partial charge in [-0.2, -0.15) is 0 Å². The van der Waals surface area contributed by atoms with Gasteiger partial charge in [0.05, 0.1) is 11.6 Å². The number of aliphatic hydroxyl groups is 1. The summed E-state index contributed by atoms with van der Waals surface area (Å²) in [4.78, 5) is 29.1. The molecule has 5 heteroatoms. The minimum Gasteiger partial charge on any atom is -0.503 e. The van der Waals surface area contributed by atoms with Crippen LogP contribution in [0.5, 0.6) is 0 Å². The second kappa shape index (κ2) is 5.20. The molecule has 0 saturated heterocycles. The van der Waals surface area contributed by atoms with Crippen LogP contribution in [0.15, 0.2) is 66.1 Å². The summed E-state index contributed by atoms with van der Waals surface area (Å²) >= 11 is 0. The zero-order valence-electron chi connectivity index (χ0n) is 11.0. The van der Waals surface area contributed by atoms with Crippen molar-refractivity contribution in [1.82, 2.24) is 4.98 Å². The van der Waals surface area contributed by atoms with E-state index in [1.807, 2.05) is 18.2 Å². The van der Waals surface area contributed by atoms with Crippen molar-refractivity contribution in [2.45, 2.75) is 6.04 Å². The topological polar surface area (TPSA) is 70.5 Å². The van der Waals surface area contributed by atoms with Gasteiger partial charge in [0.2, 0.25) is 0 Å². The molecule has 0 fully saturated rings. The summed E-state index contributed by atoms with van der Waals surface area (Å²) in [6.45, 7) is 0. The monoisotopic (exact) mass is 280 g/mol. The van der Waals surface area contributed by atoms with Crippen molar-refractivity contribution >= 4 is 18.0 Å². The number of aldehydes is 1. The lowest BCUT2D eigenvalue weighted by Crippen LogP contribution is -2.31. The van der Waals surface area contributed by atoms with E-state index in [-0.39, 0.29) is 5.57 Å². The summed E-state index contributed by atoms with van der Waals surface area (Å²) in [5.74, 6) is -0.756. The predicted octanol–water partition coefficient (Wildman–Crippen LogP) is 2.18. The van der Waals surface area contributed by atoms with Gasteiger partial charge in [-0.3, -0.25) is 14.5 Å². The number of hydrogen-bond acceptors (Lipinski definition) is 4. The van der Waals surface area contributed by atoms with Gasteiger partial charge in [-0.25, -0.2) is 4.98 Å². The quantitative estimate of drug-likeness (QED) is 0.875. The van der Waals surface area contributed by atoms with Crippen molar-refractivity contribution < 1.29 is 14.7 Å². The van der Waals surface area contributed by atoms with Gasteiger partial charge in [-0.15, -0.1) is 0 Å². The highest BCUT2D eigenvalue weighted by molar-refractivity contribution is 6.12. The highest BCUT2D eigenvalue weighted by Crippen LogP contribution is 2.38. The Morgan fingerprint density at radius 1 is 1.10 bits per heavy atom. The number of aliphatic hydroxyl groups excluding tert-OH is 1. The fourth-order valence-electron chi connectivity index (χ4n) is 2.44. The predicted molar refractivity (Wildman–Crippen MR) is 76.6 cm³/mol. The molecular formula is C16H12N2O3. The molecule has 1 atom stereocenters. The Balaban J connectivity index is 2.15. The lowest BCUT2D eigenvalue weighted by molar-refractivity contribution is -0.117.